The molecule has 2 amide bonds. The summed E-state index contributed by atoms with van der Waals surface area (Å²) in [6.07, 6.45) is 5.67. The second kappa shape index (κ2) is 7.92. The van der Waals surface area contributed by atoms with Crippen molar-refractivity contribution in [1.29, 1.82) is 0 Å². The van der Waals surface area contributed by atoms with Crippen LogP contribution in [-0.4, -0.2) is 48.6 Å². The standard InChI is InChI=1S/C16H26N4OS/c21-16(18-8-3-13-1-6-17-7-2-13)20-9-4-14(5-10-20)15-11-22-12-19-15/h11-14,17H,1-10H2,(H,18,21). The molecule has 0 unspecified atom stereocenters. The van der Waals surface area contributed by atoms with Gasteiger partial charge in [0.2, 0.25) is 0 Å². The van der Waals surface area contributed by atoms with E-state index in [-0.39, 0.29) is 6.03 Å². The van der Waals surface area contributed by atoms with Crippen molar-refractivity contribution in [2.45, 2.75) is 38.0 Å². The first-order valence-corrected chi connectivity index (χ1v) is 9.39. The fraction of sp³-hybridized carbons (Fsp3) is 0.750. The lowest BCUT2D eigenvalue weighted by Gasteiger charge is -2.31. The molecule has 0 aromatic carbocycles. The van der Waals surface area contributed by atoms with Crippen LogP contribution in [0.15, 0.2) is 10.9 Å². The highest BCUT2D eigenvalue weighted by Gasteiger charge is 2.24. The Labute approximate surface area is 136 Å². The Morgan fingerprint density at radius 1 is 1.32 bits per heavy atom. The van der Waals surface area contributed by atoms with Crippen LogP contribution in [0.1, 0.15) is 43.7 Å². The first-order chi connectivity index (χ1) is 10.8. The van der Waals surface area contributed by atoms with Gasteiger partial charge in [-0.05, 0) is 51.1 Å². The van der Waals surface area contributed by atoms with E-state index in [4.69, 9.17) is 0 Å². The van der Waals surface area contributed by atoms with Crippen molar-refractivity contribution in [3.05, 3.63) is 16.6 Å². The number of hydrogen-bond donors (Lipinski definition) is 2. The van der Waals surface area contributed by atoms with E-state index in [9.17, 15) is 4.79 Å². The molecule has 2 fully saturated rings. The molecular weight excluding hydrogens is 296 g/mol. The molecule has 0 atom stereocenters. The zero-order valence-corrected chi connectivity index (χ0v) is 13.9. The summed E-state index contributed by atoms with van der Waals surface area (Å²) in [5, 5.41) is 8.62. The summed E-state index contributed by atoms with van der Waals surface area (Å²) in [5.74, 6) is 1.31. The molecule has 0 radical (unpaired) electrons. The molecule has 122 valence electrons. The second-order valence-corrected chi connectivity index (χ2v) is 7.11. The van der Waals surface area contributed by atoms with Crippen LogP contribution in [0, 0.1) is 5.92 Å². The lowest BCUT2D eigenvalue weighted by Crippen LogP contribution is -2.44. The van der Waals surface area contributed by atoms with Crippen LogP contribution in [0.5, 0.6) is 0 Å². The van der Waals surface area contributed by atoms with Crippen LogP contribution in [0.2, 0.25) is 0 Å². The molecule has 0 saturated carbocycles. The minimum atomic E-state index is 0.116. The molecule has 0 spiro atoms. The van der Waals surface area contributed by atoms with Gasteiger partial charge in [0, 0.05) is 30.9 Å². The maximum atomic E-state index is 12.2. The molecule has 2 N–H and O–H groups in total. The zero-order chi connectivity index (χ0) is 15.2. The number of aromatic nitrogens is 1. The first-order valence-electron chi connectivity index (χ1n) is 8.44. The number of nitrogens with zero attached hydrogens (tertiary/aromatic N) is 2. The Kier molecular flexibility index (Phi) is 5.67. The fourth-order valence-electron chi connectivity index (χ4n) is 3.47. The minimum absolute atomic E-state index is 0.116. The normalized spacial score (nSPS) is 21.0. The van der Waals surface area contributed by atoms with Gasteiger partial charge in [-0.2, -0.15) is 0 Å². The van der Waals surface area contributed by atoms with E-state index in [1.54, 1.807) is 11.3 Å². The van der Waals surface area contributed by atoms with Gasteiger partial charge in [-0.25, -0.2) is 9.78 Å². The Morgan fingerprint density at radius 2 is 2.09 bits per heavy atom. The number of amides is 2. The molecule has 3 rings (SSSR count). The van der Waals surface area contributed by atoms with E-state index in [0.29, 0.717) is 5.92 Å². The van der Waals surface area contributed by atoms with Crippen LogP contribution >= 0.6 is 11.3 Å². The van der Waals surface area contributed by atoms with E-state index >= 15 is 0 Å². The molecule has 2 aliphatic rings. The molecule has 1 aromatic heterocycles. The van der Waals surface area contributed by atoms with Crippen LogP contribution in [0.3, 0.4) is 0 Å². The number of rotatable bonds is 4. The topological polar surface area (TPSA) is 57.3 Å². The molecule has 0 aliphatic carbocycles. The van der Waals surface area contributed by atoms with E-state index in [0.717, 1.165) is 57.9 Å². The molecule has 5 nitrogen and oxygen atoms in total. The average molecular weight is 322 g/mol. The van der Waals surface area contributed by atoms with E-state index in [2.05, 4.69) is 21.0 Å². The summed E-state index contributed by atoms with van der Waals surface area (Å²) in [6, 6.07) is 0.116. The number of likely N-dealkylation sites (tertiary alicyclic amines) is 1. The van der Waals surface area contributed by atoms with Gasteiger partial charge in [0.05, 0.1) is 11.2 Å². The number of carbonyl (C=O) groups excluding carboxylic acids is 1. The Bertz CT molecular complexity index is 451. The number of hydrogen-bond acceptors (Lipinski definition) is 4. The molecular formula is C16H26N4OS. The summed E-state index contributed by atoms with van der Waals surface area (Å²) in [5.41, 5.74) is 3.10. The SMILES string of the molecule is O=C(NCCC1CCNCC1)N1CCC(c2cscn2)CC1. The Balaban J connectivity index is 1.35. The summed E-state index contributed by atoms with van der Waals surface area (Å²) in [7, 11) is 0. The monoisotopic (exact) mass is 322 g/mol. The number of nitrogens with one attached hydrogen (secondary N) is 2. The van der Waals surface area contributed by atoms with Gasteiger partial charge in [-0.3, -0.25) is 0 Å². The highest BCUT2D eigenvalue weighted by atomic mass is 32.1. The molecule has 1 aromatic rings. The van der Waals surface area contributed by atoms with Crippen molar-refractivity contribution in [2.75, 3.05) is 32.7 Å². The summed E-state index contributed by atoms with van der Waals surface area (Å²) >= 11 is 1.66. The molecule has 6 heteroatoms. The van der Waals surface area contributed by atoms with Gasteiger partial charge in [0.15, 0.2) is 0 Å². The summed E-state index contributed by atoms with van der Waals surface area (Å²) in [4.78, 5) is 18.6. The van der Waals surface area contributed by atoms with Gasteiger partial charge in [-0.15, -0.1) is 11.3 Å². The highest BCUT2D eigenvalue weighted by molar-refractivity contribution is 7.07. The molecule has 0 bridgehead atoms. The number of carbonyl (C=O) groups is 1. The Hall–Kier alpha value is -1.14. The lowest BCUT2D eigenvalue weighted by molar-refractivity contribution is 0.180. The summed E-state index contributed by atoms with van der Waals surface area (Å²) in [6.45, 7) is 4.77. The van der Waals surface area contributed by atoms with Gasteiger partial charge < -0.3 is 15.5 Å². The zero-order valence-electron chi connectivity index (χ0n) is 13.1. The Morgan fingerprint density at radius 3 is 2.77 bits per heavy atom. The predicted octanol–water partition coefficient (Wildman–Crippen LogP) is 2.42. The quantitative estimate of drug-likeness (QED) is 0.895. The minimum Gasteiger partial charge on any atom is -0.338 e. The summed E-state index contributed by atoms with van der Waals surface area (Å²) < 4.78 is 0. The molecule has 22 heavy (non-hydrogen) atoms. The maximum absolute atomic E-state index is 12.2. The number of thiazole rings is 1. The van der Waals surface area contributed by atoms with Gasteiger partial charge >= 0.3 is 6.03 Å². The van der Waals surface area contributed by atoms with Crippen molar-refractivity contribution in [1.82, 2.24) is 20.5 Å². The van der Waals surface area contributed by atoms with Crippen molar-refractivity contribution in [2.24, 2.45) is 5.92 Å². The lowest BCUT2D eigenvalue weighted by atomic mass is 9.94. The van der Waals surface area contributed by atoms with Crippen molar-refractivity contribution >= 4 is 17.4 Å². The van der Waals surface area contributed by atoms with Crippen LogP contribution in [0.25, 0.3) is 0 Å². The van der Waals surface area contributed by atoms with Crippen molar-refractivity contribution in [3.63, 3.8) is 0 Å². The van der Waals surface area contributed by atoms with Crippen LogP contribution < -0.4 is 10.6 Å². The molecule has 2 saturated heterocycles. The smallest absolute Gasteiger partial charge is 0.317 e. The van der Waals surface area contributed by atoms with E-state index < -0.39 is 0 Å². The number of urea groups is 1. The fourth-order valence-corrected chi connectivity index (χ4v) is 4.10. The van der Waals surface area contributed by atoms with E-state index in [1.807, 2.05) is 10.4 Å². The third-order valence-electron chi connectivity index (χ3n) is 4.94. The maximum Gasteiger partial charge on any atom is 0.317 e. The highest BCUT2D eigenvalue weighted by Crippen LogP contribution is 2.27. The number of piperidine rings is 2. The molecule has 3 heterocycles. The average Bonchev–Trinajstić information content (AvgIpc) is 3.10. The molecule has 2 aliphatic heterocycles. The van der Waals surface area contributed by atoms with Crippen molar-refractivity contribution < 1.29 is 4.79 Å². The van der Waals surface area contributed by atoms with Crippen molar-refractivity contribution in [3.8, 4) is 0 Å². The van der Waals surface area contributed by atoms with E-state index in [1.165, 1.54) is 18.5 Å². The largest absolute Gasteiger partial charge is 0.338 e. The third kappa shape index (κ3) is 4.20. The van der Waals surface area contributed by atoms with Gasteiger partial charge in [0.1, 0.15) is 0 Å². The second-order valence-electron chi connectivity index (χ2n) is 6.39. The van der Waals surface area contributed by atoms with Crippen LogP contribution in [-0.2, 0) is 0 Å². The van der Waals surface area contributed by atoms with Gasteiger partial charge in [0.25, 0.3) is 0 Å². The van der Waals surface area contributed by atoms with Crippen LogP contribution in [0.4, 0.5) is 4.79 Å². The third-order valence-corrected chi connectivity index (χ3v) is 5.54. The predicted molar refractivity (Wildman–Crippen MR) is 89.3 cm³/mol. The first kappa shape index (κ1) is 15.7. The van der Waals surface area contributed by atoms with Gasteiger partial charge in [-0.1, -0.05) is 0 Å².